The van der Waals surface area contributed by atoms with E-state index in [1.807, 2.05) is 6.92 Å². The number of rotatable bonds is 4. The summed E-state index contributed by atoms with van der Waals surface area (Å²) in [5.74, 6) is -0.580. The number of nitrogens with zero attached hydrogens (tertiary/aromatic N) is 1. The summed E-state index contributed by atoms with van der Waals surface area (Å²) < 4.78 is 13.8. The molecule has 1 N–H and O–H groups in total. The molecule has 0 fully saturated rings. The molecule has 2 aromatic carbocycles. The molecule has 0 unspecified atom stereocenters. The quantitative estimate of drug-likeness (QED) is 0.654. The number of hydrogen-bond acceptors (Lipinski definition) is 2. The summed E-state index contributed by atoms with van der Waals surface area (Å²) in [5, 5.41) is 4.12. The second kappa shape index (κ2) is 7.13. The molecule has 0 aromatic heterocycles. The second-order valence-electron chi connectivity index (χ2n) is 4.37. The molecule has 0 spiro atoms. The van der Waals surface area contributed by atoms with E-state index in [1.165, 1.54) is 12.1 Å². The van der Waals surface area contributed by atoms with Gasteiger partial charge >= 0.3 is 0 Å². The Morgan fingerprint density at radius 1 is 1.10 bits per heavy atom. The number of hydrazone groups is 1. The summed E-state index contributed by atoms with van der Waals surface area (Å²) in [6.07, 6.45) is 0.631. The van der Waals surface area contributed by atoms with E-state index in [2.05, 4.69) is 26.5 Å². The van der Waals surface area contributed by atoms with Gasteiger partial charge in [-0.05, 0) is 48.4 Å². The van der Waals surface area contributed by atoms with Crippen LogP contribution in [-0.4, -0.2) is 11.6 Å². The van der Waals surface area contributed by atoms with E-state index in [9.17, 15) is 9.18 Å². The highest BCUT2D eigenvalue weighted by molar-refractivity contribution is 9.10. The van der Waals surface area contributed by atoms with Crippen molar-refractivity contribution in [2.75, 3.05) is 0 Å². The molecule has 0 aliphatic carbocycles. The van der Waals surface area contributed by atoms with E-state index in [0.29, 0.717) is 17.7 Å². The van der Waals surface area contributed by atoms with Gasteiger partial charge in [0.1, 0.15) is 5.82 Å². The third kappa shape index (κ3) is 4.23. The predicted molar refractivity (Wildman–Crippen MR) is 84.8 cm³/mol. The van der Waals surface area contributed by atoms with Crippen molar-refractivity contribution < 1.29 is 9.18 Å². The first kappa shape index (κ1) is 15.4. The molecule has 21 heavy (non-hydrogen) atoms. The van der Waals surface area contributed by atoms with Crippen molar-refractivity contribution in [3.05, 3.63) is 69.9 Å². The minimum atomic E-state index is -0.298. The largest absolute Gasteiger partial charge is 0.271 e. The fraction of sp³-hybridized carbons (Fsp3) is 0.125. The van der Waals surface area contributed by atoms with Gasteiger partial charge in [-0.15, -0.1) is 0 Å². The smallest absolute Gasteiger partial charge is 0.267 e. The van der Waals surface area contributed by atoms with Crippen molar-refractivity contribution in [3.63, 3.8) is 0 Å². The van der Waals surface area contributed by atoms with Gasteiger partial charge in [-0.25, -0.2) is 9.82 Å². The third-order valence-electron chi connectivity index (χ3n) is 2.91. The van der Waals surface area contributed by atoms with E-state index < -0.39 is 0 Å². The zero-order valence-corrected chi connectivity index (χ0v) is 13.0. The topological polar surface area (TPSA) is 41.5 Å². The third-order valence-corrected chi connectivity index (χ3v) is 3.44. The van der Waals surface area contributed by atoms with Crippen molar-refractivity contribution in [3.8, 4) is 0 Å². The monoisotopic (exact) mass is 348 g/mol. The minimum absolute atomic E-state index is 0.282. The summed E-state index contributed by atoms with van der Waals surface area (Å²) >= 11 is 3.31. The highest BCUT2D eigenvalue weighted by Gasteiger charge is 2.06. The standard InChI is InChI=1S/C16H14BrFN2O/c1-2-15(11-5-9-14(18)10-6-11)19-20-16(21)12-3-7-13(17)8-4-12/h3-10H,2H2,1H3,(H,20,21)/b19-15-. The maximum atomic E-state index is 12.9. The van der Waals surface area contributed by atoms with Crippen molar-refractivity contribution in [1.82, 2.24) is 5.43 Å². The molecular formula is C16H14BrFN2O. The summed E-state index contributed by atoms with van der Waals surface area (Å²) in [6, 6.07) is 13.0. The first-order valence-corrected chi connectivity index (χ1v) is 7.28. The molecule has 3 nitrogen and oxygen atoms in total. The Kier molecular flexibility index (Phi) is 5.22. The molecule has 0 radical (unpaired) electrons. The van der Waals surface area contributed by atoms with E-state index in [-0.39, 0.29) is 11.7 Å². The maximum Gasteiger partial charge on any atom is 0.271 e. The molecule has 0 bridgehead atoms. The predicted octanol–water partition coefficient (Wildman–Crippen LogP) is 4.13. The first-order valence-electron chi connectivity index (χ1n) is 6.48. The van der Waals surface area contributed by atoms with Crippen LogP contribution in [0.2, 0.25) is 0 Å². The van der Waals surface area contributed by atoms with Crippen LogP contribution < -0.4 is 5.43 Å². The first-order chi connectivity index (χ1) is 10.1. The van der Waals surface area contributed by atoms with Crippen LogP contribution in [0.5, 0.6) is 0 Å². The van der Waals surface area contributed by atoms with Gasteiger partial charge < -0.3 is 0 Å². The average Bonchev–Trinajstić information content (AvgIpc) is 2.50. The lowest BCUT2D eigenvalue weighted by Gasteiger charge is -2.05. The Bertz CT molecular complexity index is 651. The summed E-state index contributed by atoms with van der Waals surface area (Å²) in [5.41, 5.74) is 4.53. The minimum Gasteiger partial charge on any atom is -0.267 e. The van der Waals surface area contributed by atoms with Crippen LogP contribution in [-0.2, 0) is 0 Å². The van der Waals surface area contributed by atoms with Crippen molar-refractivity contribution in [2.45, 2.75) is 13.3 Å². The molecule has 2 aromatic rings. The normalized spacial score (nSPS) is 11.3. The highest BCUT2D eigenvalue weighted by atomic mass is 79.9. The number of benzene rings is 2. The lowest BCUT2D eigenvalue weighted by Crippen LogP contribution is -2.19. The fourth-order valence-corrected chi connectivity index (χ4v) is 2.04. The zero-order chi connectivity index (χ0) is 15.2. The van der Waals surface area contributed by atoms with Gasteiger partial charge in [0.15, 0.2) is 0 Å². The number of hydrogen-bond donors (Lipinski definition) is 1. The molecule has 0 heterocycles. The van der Waals surface area contributed by atoms with Crippen LogP contribution >= 0.6 is 15.9 Å². The molecule has 0 atom stereocenters. The SMILES string of the molecule is CC/C(=N/NC(=O)c1ccc(Br)cc1)c1ccc(F)cc1. The van der Waals surface area contributed by atoms with Crippen LogP contribution in [0.15, 0.2) is 58.1 Å². The Labute approximate surface area is 131 Å². The molecule has 108 valence electrons. The van der Waals surface area contributed by atoms with E-state index >= 15 is 0 Å². The van der Waals surface area contributed by atoms with Crippen LogP contribution in [0, 0.1) is 5.82 Å². The number of carbonyl (C=O) groups excluding carboxylic acids is 1. The van der Waals surface area contributed by atoms with E-state index in [4.69, 9.17) is 0 Å². The second-order valence-corrected chi connectivity index (χ2v) is 5.28. The Morgan fingerprint density at radius 2 is 1.67 bits per heavy atom. The summed E-state index contributed by atoms with van der Waals surface area (Å²) in [4.78, 5) is 12.0. The van der Waals surface area contributed by atoms with Gasteiger partial charge in [0.25, 0.3) is 5.91 Å². The van der Waals surface area contributed by atoms with E-state index in [1.54, 1.807) is 36.4 Å². The van der Waals surface area contributed by atoms with Crippen molar-refractivity contribution >= 4 is 27.5 Å². The van der Waals surface area contributed by atoms with Crippen LogP contribution in [0.1, 0.15) is 29.3 Å². The van der Waals surface area contributed by atoms with Crippen LogP contribution in [0.3, 0.4) is 0 Å². The summed E-state index contributed by atoms with van der Waals surface area (Å²) in [6.45, 7) is 1.92. The molecule has 5 heteroatoms. The average molecular weight is 349 g/mol. The summed E-state index contributed by atoms with van der Waals surface area (Å²) in [7, 11) is 0. The lowest BCUT2D eigenvalue weighted by molar-refractivity contribution is 0.0955. The number of halogens is 2. The molecule has 1 amide bonds. The zero-order valence-electron chi connectivity index (χ0n) is 11.4. The van der Waals surface area contributed by atoms with Gasteiger partial charge in [0.05, 0.1) is 5.71 Å². The van der Waals surface area contributed by atoms with Gasteiger partial charge in [-0.1, -0.05) is 35.0 Å². The highest BCUT2D eigenvalue weighted by Crippen LogP contribution is 2.11. The molecule has 0 aliphatic heterocycles. The van der Waals surface area contributed by atoms with E-state index in [0.717, 1.165) is 10.0 Å². The van der Waals surface area contributed by atoms with Crippen molar-refractivity contribution in [2.24, 2.45) is 5.10 Å². The number of amides is 1. The van der Waals surface area contributed by atoms with Crippen molar-refractivity contribution in [1.29, 1.82) is 0 Å². The molecule has 2 rings (SSSR count). The molecular weight excluding hydrogens is 335 g/mol. The molecule has 0 saturated heterocycles. The Balaban J connectivity index is 2.12. The van der Waals surface area contributed by atoms with Gasteiger partial charge in [0.2, 0.25) is 0 Å². The van der Waals surface area contributed by atoms with Gasteiger partial charge in [-0.2, -0.15) is 5.10 Å². The van der Waals surface area contributed by atoms with Gasteiger partial charge in [-0.3, -0.25) is 4.79 Å². The Hall–Kier alpha value is -2.01. The fourth-order valence-electron chi connectivity index (χ4n) is 1.77. The Morgan fingerprint density at radius 3 is 2.24 bits per heavy atom. The number of carbonyl (C=O) groups is 1. The molecule has 0 aliphatic rings. The number of nitrogens with one attached hydrogen (secondary N) is 1. The van der Waals surface area contributed by atoms with Gasteiger partial charge in [0, 0.05) is 10.0 Å². The van der Waals surface area contributed by atoms with Crippen LogP contribution in [0.4, 0.5) is 4.39 Å². The maximum absolute atomic E-state index is 12.9. The molecule has 0 saturated carbocycles. The lowest BCUT2D eigenvalue weighted by atomic mass is 10.1. The van der Waals surface area contributed by atoms with Crippen LogP contribution in [0.25, 0.3) is 0 Å².